The van der Waals surface area contributed by atoms with Gasteiger partial charge in [0.25, 0.3) is 0 Å². The molecule has 0 aromatic carbocycles. The van der Waals surface area contributed by atoms with Crippen LogP contribution < -0.4 is 5.32 Å². The molecule has 2 N–H and O–H groups in total. The molecule has 0 aromatic rings. The first-order valence-electron chi connectivity index (χ1n) is 4.62. The zero-order chi connectivity index (χ0) is 10.6. The molecule has 1 saturated heterocycles. The highest BCUT2D eigenvalue weighted by Gasteiger charge is 2.29. The third-order valence-corrected chi connectivity index (χ3v) is 2.19. The van der Waals surface area contributed by atoms with Crippen molar-refractivity contribution in [3.63, 3.8) is 0 Å². The van der Waals surface area contributed by atoms with Crippen LogP contribution in [0.1, 0.15) is 26.2 Å². The smallest absolute Gasteiger partial charge is 0.312 e. The van der Waals surface area contributed by atoms with Crippen molar-refractivity contribution in [2.24, 2.45) is 0 Å². The average molecular weight is 201 g/mol. The third kappa shape index (κ3) is 3.33. The Morgan fingerprint density at radius 2 is 2.29 bits per heavy atom. The average Bonchev–Trinajstić information content (AvgIpc) is 2.02. The van der Waals surface area contributed by atoms with Gasteiger partial charge in [0.05, 0.1) is 12.1 Å². The van der Waals surface area contributed by atoms with Crippen molar-refractivity contribution in [1.82, 2.24) is 5.32 Å². The normalized spacial score (nSPS) is 26.9. The molecule has 1 fully saturated rings. The van der Waals surface area contributed by atoms with Crippen LogP contribution in [0.25, 0.3) is 0 Å². The van der Waals surface area contributed by atoms with E-state index >= 15 is 0 Å². The van der Waals surface area contributed by atoms with E-state index in [0.717, 1.165) is 12.8 Å². The van der Waals surface area contributed by atoms with Crippen LogP contribution in [0.5, 0.6) is 0 Å². The maximum atomic E-state index is 11.2. The summed E-state index contributed by atoms with van der Waals surface area (Å²) in [6, 6.07) is 0. The number of aliphatic carboxylic acids is 1. The molecule has 1 amide bonds. The number of carbonyl (C=O) groups is 2. The van der Waals surface area contributed by atoms with E-state index < -0.39 is 23.8 Å². The fourth-order valence-electron chi connectivity index (χ4n) is 1.55. The van der Waals surface area contributed by atoms with Crippen LogP contribution in [0.15, 0.2) is 0 Å². The predicted molar refractivity (Wildman–Crippen MR) is 48.9 cm³/mol. The van der Waals surface area contributed by atoms with E-state index in [1.54, 1.807) is 0 Å². The van der Waals surface area contributed by atoms with Gasteiger partial charge in [-0.15, -0.1) is 0 Å². The molecular weight excluding hydrogens is 186 g/mol. The lowest BCUT2D eigenvalue weighted by molar-refractivity contribution is -0.141. The number of ether oxygens (including phenoxy) is 1. The second kappa shape index (κ2) is 4.41. The number of rotatable bonds is 3. The number of carboxylic acid groups (broad SMARTS) is 1. The van der Waals surface area contributed by atoms with E-state index in [2.05, 4.69) is 5.32 Å². The van der Waals surface area contributed by atoms with Gasteiger partial charge in [-0.2, -0.15) is 0 Å². The Morgan fingerprint density at radius 1 is 1.57 bits per heavy atom. The van der Waals surface area contributed by atoms with Crippen LogP contribution in [0.4, 0.5) is 0 Å². The quantitative estimate of drug-likeness (QED) is 0.637. The molecule has 1 heterocycles. The van der Waals surface area contributed by atoms with Gasteiger partial charge in [-0.3, -0.25) is 9.59 Å². The van der Waals surface area contributed by atoms with Crippen LogP contribution in [-0.2, 0) is 14.3 Å². The van der Waals surface area contributed by atoms with Crippen LogP contribution in [0.2, 0.25) is 0 Å². The lowest BCUT2D eigenvalue weighted by atomic mass is 9.95. The minimum absolute atomic E-state index is 0.398. The van der Waals surface area contributed by atoms with E-state index in [1.807, 2.05) is 6.92 Å². The van der Waals surface area contributed by atoms with Crippen LogP contribution >= 0.6 is 0 Å². The molecule has 1 unspecified atom stereocenters. The summed E-state index contributed by atoms with van der Waals surface area (Å²) in [4.78, 5) is 21.4. The summed E-state index contributed by atoms with van der Waals surface area (Å²) >= 11 is 0. The summed E-state index contributed by atoms with van der Waals surface area (Å²) in [6.07, 6.45) is 1.25. The Balaban J connectivity index is 2.41. The summed E-state index contributed by atoms with van der Waals surface area (Å²) < 4.78 is 5.23. The van der Waals surface area contributed by atoms with Crippen molar-refractivity contribution >= 4 is 11.9 Å². The van der Waals surface area contributed by atoms with Crippen molar-refractivity contribution < 1.29 is 19.4 Å². The number of amides is 1. The molecule has 0 spiro atoms. The van der Waals surface area contributed by atoms with Gasteiger partial charge in [-0.05, 0) is 19.8 Å². The fraction of sp³-hybridized carbons (Fsp3) is 0.778. The molecule has 1 rings (SSSR count). The number of nitrogens with one attached hydrogen (secondary N) is 1. The highest BCUT2D eigenvalue weighted by atomic mass is 16.5. The summed E-state index contributed by atoms with van der Waals surface area (Å²) in [5.74, 6) is -1.56. The van der Waals surface area contributed by atoms with Gasteiger partial charge >= 0.3 is 5.97 Å². The maximum Gasteiger partial charge on any atom is 0.312 e. The molecular formula is C9H15NO4. The number of hydrogen-bond donors (Lipinski definition) is 2. The zero-order valence-electron chi connectivity index (χ0n) is 8.21. The van der Waals surface area contributed by atoms with Crippen molar-refractivity contribution in [2.75, 3.05) is 13.2 Å². The lowest BCUT2D eigenvalue weighted by Gasteiger charge is -2.34. The third-order valence-electron chi connectivity index (χ3n) is 2.19. The van der Waals surface area contributed by atoms with Crippen LogP contribution in [0.3, 0.4) is 0 Å². The molecule has 14 heavy (non-hydrogen) atoms. The van der Waals surface area contributed by atoms with E-state index in [1.165, 1.54) is 0 Å². The molecule has 80 valence electrons. The number of hydrogen-bond acceptors (Lipinski definition) is 3. The van der Waals surface area contributed by atoms with Crippen molar-refractivity contribution in [3.05, 3.63) is 0 Å². The Morgan fingerprint density at radius 3 is 2.79 bits per heavy atom. The van der Waals surface area contributed by atoms with E-state index in [4.69, 9.17) is 9.84 Å². The molecule has 0 radical (unpaired) electrons. The molecule has 0 saturated carbocycles. The first kappa shape index (κ1) is 11.0. The molecule has 0 aromatic heterocycles. The molecule has 0 bridgehead atoms. The highest BCUT2D eigenvalue weighted by molar-refractivity contribution is 5.93. The van der Waals surface area contributed by atoms with Gasteiger partial charge in [0.2, 0.25) is 5.91 Å². The second-order valence-electron chi connectivity index (χ2n) is 3.84. The summed E-state index contributed by atoms with van der Waals surface area (Å²) in [5.41, 5.74) is -0.398. The van der Waals surface area contributed by atoms with Crippen LogP contribution in [0, 0.1) is 0 Å². The molecule has 1 aliphatic heterocycles. The zero-order valence-corrected chi connectivity index (χ0v) is 8.21. The molecule has 1 aliphatic rings. The van der Waals surface area contributed by atoms with Crippen molar-refractivity contribution in [3.8, 4) is 0 Å². The summed E-state index contributed by atoms with van der Waals surface area (Å²) in [5, 5.41) is 11.1. The van der Waals surface area contributed by atoms with Gasteiger partial charge < -0.3 is 15.2 Å². The SMILES string of the molecule is CC1(NC(=O)CC(=O)O)CCCOC1. The molecule has 5 heteroatoms. The molecule has 5 nitrogen and oxygen atoms in total. The molecule has 0 aliphatic carbocycles. The first-order valence-corrected chi connectivity index (χ1v) is 4.62. The van der Waals surface area contributed by atoms with Crippen molar-refractivity contribution in [1.29, 1.82) is 0 Å². The van der Waals surface area contributed by atoms with Gasteiger partial charge in [0.1, 0.15) is 6.42 Å². The number of carbonyl (C=O) groups excluding carboxylic acids is 1. The van der Waals surface area contributed by atoms with E-state index in [-0.39, 0.29) is 0 Å². The Kier molecular flexibility index (Phi) is 3.46. The Labute approximate surface area is 82.4 Å². The second-order valence-corrected chi connectivity index (χ2v) is 3.84. The van der Waals surface area contributed by atoms with Crippen molar-refractivity contribution in [2.45, 2.75) is 31.7 Å². The minimum atomic E-state index is -1.11. The molecule has 1 atom stereocenters. The largest absolute Gasteiger partial charge is 0.481 e. The van der Waals surface area contributed by atoms with Gasteiger partial charge in [-0.25, -0.2) is 0 Å². The maximum absolute atomic E-state index is 11.2. The van der Waals surface area contributed by atoms with Gasteiger partial charge in [-0.1, -0.05) is 0 Å². The van der Waals surface area contributed by atoms with Gasteiger partial charge in [0.15, 0.2) is 0 Å². The number of carboxylic acids is 1. The highest BCUT2D eigenvalue weighted by Crippen LogP contribution is 2.18. The standard InChI is InChI=1S/C9H15NO4/c1-9(3-2-4-14-6-9)10-7(11)5-8(12)13/h2-6H2,1H3,(H,10,11)(H,12,13). The topological polar surface area (TPSA) is 75.6 Å². The monoisotopic (exact) mass is 201 g/mol. The van der Waals surface area contributed by atoms with Crippen LogP contribution in [-0.4, -0.2) is 35.7 Å². The minimum Gasteiger partial charge on any atom is -0.481 e. The first-order chi connectivity index (χ1) is 6.52. The Hall–Kier alpha value is -1.10. The summed E-state index contributed by atoms with van der Waals surface area (Å²) in [6.45, 7) is 3.04. The Bertz CT molecular complexity index is 233. The lowest BCUT2D eigenvalue weighted by Crippen LogP contribution is -2.51. The fourth-order valence-corrected chi connectivity index (χ4v) is 1.55. The summed E-state index contributed by atoms with van der Waals surface area (Å²) in [7, 11) is 0. The predicted octanol–water partition coefficient (Wildman–Crippen LogP) is 0.146. The van der Waals surface area contributed by atoms with E-state index in [9.17, 15) is 9.59 Å². The van der Waals surface area contributed by atoms with Gasteiger partial charge in [0, 0.05) is 6.61 Å². The van der Waals surface area contributed by atoms with E-state index in [0.29, 0.717) is 13.2 Å².